The molecule has 47 heavy (non-hydrogen) atoms. The van der Waals surface area contributed by atoms with E-state index in [1.807, 2.05) is 89.6 Å². The van der Waals surface area contributed by atoms with E-state index < -0.39 is 12.1 Å². The molecule has 0 aliphatic carbocycles. The standard InChI is InChI=1S/C40H41NO6/c1-4-45-40(44)39(32-18-16-29(17-19-32)25-28(2)3)47-33-22-20-31(21-23-33)38(43)35-26-41(36-14-9-8-13-34(35)36)24-10-15-37(42)46-27-30-11-6-5-7-12-30/h5-9,11-14,16-23,26,28,39H,4,10,15,24-25,27H2,1-3H3. The minimum atomic E-state index is -0.932. The molecule has 0 fully saturated rings. The predicted molar refractivity (Wildman–Crippen MR) is 182 cm³/mol. The van der Waals surface area contributed by atoms with Crippen LogP contribution in [0.1, 0.15) is 72.3 Å². The largest absolute Gasteiger partial charge is 0.474 e. The van der Waals surface area contributed by atoms with Crippen LogP contribution < -0.4 is 4.74 Å². The molecule has 0 saturated carbocycles. The van der Waals surface area contributed by atoms with Gasteiger partial charge in [-0.2, -0.15) is 0 Å². The first-order chi connectivity index (χ1) is 22.8. The molecule has 0 aliphatic rings. The van der Waals surface area contributed by atoms with Crippen LogP contribution in [-0.4, -0.2) is 28.9 Å². The summed E-state index contributed by atoms with van der Waals surface area (Å²) in [6, 6.07) is 32.0. The van der Waals surface area contributed by atoms with Crippen LogP contribution in [0.5, 0.6) is 5.75 Å². The van der Waals surface area contributed by atoms with Gasteiger partial charge in [0.2, 0.25) is 6.10 Å². The van der Waals surface area contributed by atoms with Crippen molar-refractivity contribution in [3.63, 3.8) is 0 Å². The van der Waals surface area contributed by atoms with Crippen LogP contribution in [0.3, 0.4) is 0 Å². The maximum absolute atomic E-state index is 13.7. The normalized spacial score (nSPS) is 11.7. The van der Waals surface area contributed by atoms with Gasteiger partial charge in [-0.25, -0.2) is 4.79 Å². The molecule has 0 spiro atoms. The molecule has 242 valence electrons. The average molecular weight is 632 g/mol. The van der Waals surface area contributed by atoms with Crippen molar-refractivity contribution in [1.29, 1.82) is 0 Å². The van der Waals surface area contributed by atoms with Crippen molar-refractivity contribution in [3.8, 4) is 5.75 Å². The molecule has 4 aromatic carbocycles. The van der Waals surface area contributed by atoms with Crippen molar-refractivity contribution >= 4 is 28.6 Å². The Morgan fingerprint density at radius 1 is 0.766 bits per heavy atom. The van der Waals surface area contributed by atoms with E-state index in [-0.39, 0.29) is 31.4 Å². The Bertz CT molecular complexity index is 1790. The van der Waals surface area contributed by atoms with Gasteiger partial charge in [0.05, 0.1) is 6.61 Å². The van der Waals surface area contributed by atoms with Crippen LogP contribution in [0.15, 0.2) is 109 Å². The number of carbonyl (C=O) groups is 3. The third-order valence-corrected chi connectivity index (χ3v) is 7.85. The Balaban J connectivity index is 1.26. The SMILES string of the molecule is CCOC(=O)C(Oc1ccc(C(=O)c2cn(CCCC(=O)OCc3ccccc3)c3ccccc23)cc1)c1ccc(CC(C)C)cc1. The zero-order chi connectivity index (χ0) is 33.2. The van der Waals surface area contributed by atoms with Gasteiger partial charge in [0.15, 0.2) is 5.78 Å². The van der Waals surface area contributed by atoms with E-state index in [0.29, 0.717) is 41.3 Å². The fourth-order valence-corrected chi connectivity index (χ4v) is 5.56. The topological polar surface area (TPSA) is 83.8 Å². The highest BCUT2D eigenvalue weighted by Gasteiger charge is 2.25. The lowest BCUT2D eigenvalue weighted by molar-refractivity contribution is -0.151. The molecule has 7 heteroatoms. The van der Waals surface area contributed by atoms with Gasteiger partial charge in [0, 0.05) is 46.8 Å². The lowest BCUT2D eigenvalue weighted by atomic mass is 10.00. The number of aryl methyl sites for hydroxylation is 1. The summed E-state index contributed by atoms with van der Waals surface area (Å²) >= 11 is 0. The number of ketones is 1. The van der Waals surface area contributed by atoms with E-state index in [2.05, 4.69) is 13.8 Å². The van der Waals surface area contributed by atoms with Gasteiger partial charge in [-0.05, 0) is 67.1 Å². The summed E-state index contributed by atoms with van der Waals surface area (Å²) in [6.07, 6.45) is 2.72. The highest BCUT2D eigenvalue weighted by molar-refractivity contribution is 6.16. The number of ether oxygens (including phenoxy) is 3. The first kappa shape index (κ1) is 33.2. The molecule has 1 heterocycles. The highest BCUT2D eigenvalue weighted by atomic mass is 16.6. The second-order valence-electron chi connectivity index (χ2n) is 11.9. The second kappa shape index (κ2) is 15.9. The molecule has 5 aromatic rings. The number of para-hydroxylation sites is 1. The maximum Gasteiger partial charge on any atom is 0.352 e. The molecule has 0 radical (unpaired) electrons. The van der Waals surface area contributed by atoms with E-state index in [0.717, 1.165) is 22.9 Å². The monoisotopic (exact) mass is 631 g/mol. The Morgan fingerprint density at radius 3 is 2.17 bits per heavy atom. The summed E-state index contributed by atoms with van der Waals surface area (Å²) < 4.78 is 18.9. The minimum Gasteiger partial charge on any atom is -0.474 e. The van der Waals surface area contributed by atoms with Crippen molar-refractivity contribution in [2.24, 2.45) is 5.92 Å². The van der Waals surface area contributed by atoms with Gasteiger partial charge in [-0.1, -0.05) is 86.6 Å². The zero-order valence-corrected chi connectivity index (χ0v) is 27.2. The molecular weight excluding hydrogens is 590 g/mol. The number of esters is 2. The first-order valence-corrected chi connectivity index (χ1v) is 16.2. The molecule has 7 nitrogen and oxygen atoms in total. The predicted octanol–water partition coefficient (Wildman–Crippen LogP) is 8.28. The van der Waals surface area contributed by atoms with Gasteiger partial charge < -0.3 is 18.8 Å². The smallest absolute Gasteiger partial charge is 0.352 e. The summed E-state index contributed by atoms with van der Waals surface area (Å²) in [7, 11) is 0. The number of aromatic nitrogens is 1. The molecule has 0 amide bonds. The summed E-state index contributed by atoms with van der Waals surface area (Å²) in [4.78, 5) is 38.9. The molecule has 0 bridgehead atoms. The average Bonchev–Trinajstić information content (AvgIpc) is 3.45. The van der Waals surface area contributed by atoms with Crippen LogP contribution in [0.25, 0.3) is 10.9 Å². The Morgan fingerprint density at radius 2 is 1.47 bits per heavy atom. The van der Waals surface area contributed by atoms with Crippen molar-refractivity contribution in [2.45, 2.75) is 59.3 Å². The van der Waals surface area contributed by atoms with Gasteiger partial charge in [-0.3, -0.25) is 9.59 Å². The number of carbonyl (C=O) groups excluding carboxylic acids is 3. The van der Waals surface area contributed by atoms with Crippen LogP contribution >= 0.6 is 0 Å². The Kier molecular flexibility index (Phi) is 11.2. The van der Waals surface area contributed by atoms with E-state index in [4.69, 9.17) is 14.2 Å². The summed E-state index contributed by atoms with van der Waals surface area (Å²) in [5.41, 5.74) is 4.84. The minimum absolute atomic E-state index is 0.128. The molecule has 0 saturated heterocycles. The van der Waals surface area contributed by atoms with E-state index in [1.165, 1.54) is 5.56 Å². The fraction of sp³-hybridized carbons (Fsp3) is 0.275. The van der Waals surface area contributed by atoms with Gasteiger partial charge >= 0.3 is 11.9 Å². The van der Waals surface area contributed by atoms with Crippen molar-refractivity contribution in [1.82, 2.24) is 4.57 Å². The highest BCUT2D eigenvalue weighted by Crippen LogP contribution is 2.28. The molecular formula is C40H41NO6. The molecule has 1 aromatic heterocycles. The number of fused-ring (bicyclic) bond motifs is 1. The van der Waals surface area contributed by atoms with Crippen LogP contribution in [0.4, 0.5) is 0 Å². The number of rotatable bonds is 15. The van der Waals surface area contributed by atoms with Crippen LogP contribution in [0.2, 0.25) is 0 Å². The lowest BCUT2D eigenvalue weighted by Crippen LogP contribution is -2.21. The number of hydrogen-bond acceptors (Lipinski definition) is 6. The van der Waals surface area contributed by atoms with E-state index >= 15 is 0 Å². The first-order valence-electron chi connectivity index (χ1n) is 16.2. The third-order valence-electron chi connectivity index (χ3n) is 7.85. The Labute approximate surface area is 276 Å². The summed E-state index contributed by atoms with van der Waals surface area (Å²) in [5.74, 6) is 0.125. The Hall–Kier alpha value is -5.17. The summed E-state index contributed by atoms with van der Waals surface area (Å²) in [5, 5.41) is 0.841. The number of hydrogen-bond donors (Lipinski definition) is 0. The van der Waals surface area contributed by atoms with Crippen molar-refractivity contribution < 1.29 is 28.6 Å². The number of benzene rings is 4. The van der Waals surface area contributed by atoms with Gasteiger partial charge in [0.25, 0.3) is 0 Å². The fourth-order valence-electron chi connectivity index (χ4n) is 5.56. The third kappa shape index (κ3) is 8.76. The van der Waals surface area contributed by atoms with Crippen molar-refractivity contribution in [2.75, 3.05) is 6.61 Å². The van der Waals surface area contributed by atoms with Crippen LogP contribution in [-0.2, 0) is 38.6 Å². The number of nitrogens with zero attached hydrogens (tertiary/aromatic N) is 1. The van der Waals surface area contributed by atoms with Gasteiger partial charge in [-0.15, -0.1) is 0 Å². The molecule has 1 unspecified atom stereocenters. The van der Waals surface area contributed by atoms with E-state index in [1.54, 1.807) is 31.2 Å². The molecule has 0 N–H and O–H groups in total. The molecule has 5 rings (SSSR count). The van der Waals surface area contributed by atoms with Gasteiger partial charge in [0.1, 0.15) is 12.4 Å². The lowest BCUT2D eigenvalue weighted by Gasteiger charge is -2.19. The van der Waals surface area contributed by atoms with E-state index in [9.17, 15) is 14.4 Å². The molecule has 0 aliphatic heterocycles. The van der Waals surface area contributed by atoms with Crippen molar-refractivity contribution in [3.05, 3.63) is 137 Å². The zero-order valence-electron chi connectivity index (χ0n) is 27.2. The molecule has 1 atom stereocenters. The second-order valence-corrected chi connectivity index (χ2v) is 11.9. The summed E-state index contributed by atoms with van der Waals surface area (Å²) in [6.45, 7) is 7.15. The van der Waals surface area contributed by atoms with Crippen LogP contribution in [0, 0.1) is 5.92 Å². The maximum atomic E-state index is 13.7. The quantitative estimate of drug-likeness (QED) is 0.0854.